The molecule has 0 aliphatic carbocycles. The molecule has 0 aliphatic heterocycles. The molecule has 0 unspecified atom stereocenters. The Labute approximate surface area is 87.5 Å². The van der Waals surface area contributed by atoms with Gasteiger partial charge in [-0.05, 0) is 11.4 Å². The van der Waals surface area contributed by atoms with Gasteiger partial charge in [-0.3, -0.25) is 0 Å². The number of carbonyl (C=O) groups excluding carboxylic acids is 1. The van der Waals surface area contributed by atoms with Crippen molar-refractivity contribution in [3.63, 3.8) is 0 Å². The predicted octanol–water partition coefficient (Wildman–Crippen LogP) is 3.09. The van der Waals surface area contributed by atoms with E-state index < -0.39 is 5.97 Å². The lowest BCUT2D eigenvalue weighted by Gasteiger charge is -2.13. The maximum Gasteiger partial charge on any atom is 0.330 e. The fourth-order valence-electron chi connectivity index (χ4n) is 1.04. The Hall–Kier alpha value is -1.35. The molecule has 1 atom stereocenters. The molecule has 3 heteroatoms. The highest BCUT2D eigenvalue weighted by Gasteiger charge is 2.14. The number of esters is 1. The van der Waals surface area contributed by atoms with Gasteiger partial charge in [-0.25, -0.2) is 4.79 Å². The summed E-state index contributed by atoms with van der Waals surface area (Å²) in [6.45, 7) is 6.99. The summed E-state index contributed by atoms with van der Waals surface area (Å²) in [4.78, 5) is 12.1. The monoisotopic (exact) mass is 208 g/mol. The number of hydrogen-bond donors (Lipinski definition) is 0. The lowest BCUT2D eigenvalue weighted by molar-refractivity contribution is -0.143. The molecule has 1 rings (SSSR count). The van der Waals surface area contributed by atoms with Crippen LogP contribution in [0, 0.1) is 0 Å². The van der Waals surface area contributed by atoms with Gasteiger partial charge in [0.05, 0.1) is 0 Å². The minimum Gasteiger partial charge on any atom is -0.453 e. The van der Waals surface area contributed by atoms with Crippen molar-refractivity contribution in [2.24, 2.45) is 0 Å². The molecule has 0 saturated carbocycles. The van der Waals surface area contributed by atoms with Gasteiger partial charge in [0.2, 0.25) is 0 Å². The molecule has 0 radical (unpaired) electrons. The average Bonchev–Trinajstić information content (AvgIpc) is 2.69. The summed E-state index contributed by atoms with van der Waals surface area (Å²) in [5.74, 6) is -0.398. The Morgan fingerprint density at radius 3 is 2.93 bits per heavy atom. The quantitative estimate of drug-likeness (QED) is 0.422. The van der Waals surface area contributed by atoms with Crippen molar-refractivity contribution < 1.29 is 9.53 Å². The fourth-order valence-corrected chi connectivity index (χ4v) is 1.80. The van der Waals surface area contributed by atoms with Crippen LogP contribution in [0.1, 0.15) is 17.4 Å². The number of thiophene rings is 1. The second-order valence-corrected chi connectivity index (χ2v) is 3.65. The zero-order valence-electron chi connectivity index (χ0n) is 7.81. The first-order valence-electron chi connectivity index (χ1n) is 4.25. The summed E-state index contributed by atoms with van der Waals surface area (Å²) >= 11 is 1.56. The lowest BCUT2D eigenvalue weighted by atomic mass is 10.2. The standard InChI is InChI=1S/C11H12O2S/c1-3-6-9(13-11(12)4-2)10-7-5-8-14-10/h3-5,7-9H,1-2,6H2/t9-/m0/s1. The van der Waals surface area contributed by atoms with Crippen molar-refractivity contribution in [2.75, 3.05) is 0 Å². The first kappa shape index (κ1) is 10.7. The summed E-state index contributed by atoms with van der Waals surface area (Å²) in [5, 5.41) is 1.95. The van der Waals surface area contributed by atoms with E-state index in [1.54, 1.807) is 17.4 Å². The van der Waals surface area contributed by atoms with Crippen LogP contribution in [0.5, 0.6) is 0 Å². The van der Waals surface area contributed by atoms with Gasteiger partial charge < -0.3 is 4.74 Å². The number of rotatable bonds is 5. The van der Waals surface area contributed by atoms with Crippen LogP contribution in [0.15, 0.2) is 42.8 Å². The molecule has 0 aromatic carbocycles. The number of hydrogen-bond acceptors (Lipinski definition) is 3. The van der Waals surface area contributed by atoms with E-state index in [9.17, 15) is 4.79 Å². The molecular weight excluding hydrogens is 196 g/mol. The van der Waals surface area contributed by atoms with Crippen molar-refractivity contribution in [1.82, 2.24) is 0 Å². The third kappa shape index (κ3) is 2.85. The molecule has 74 valence electrons. The Morgan fingerprint density at radius 1 is 1.64 bits per heavy atom. The first-order chi connectivity index (χ1) is 6.77. The van der Waals surface area contributed by atoms with Gasteiger partial charge in [0.1, 0.15) is 6.10 Å². The summed E-state index contributed by atoms with van der Waals surface area (Å²) in [6, 6.07) is 3.87. The Bertz CT molecular complexity index is 314. The summed E-state index contributed by atoms with van der Waals surface area (Å²) in [7, 11) is 0. The molecule has 1 heterocycles. The highest BCUT2D eigenvalue weighted by molar-refractivity contribution is 7.10. The molecule has 0 saturated heterocycles. The maximum atomic E-state index is 11.0. The van der Waals surface area contributed by atoms with Gasteiger partial charge in [0.15, 0.2) is 0 Å². The number of carbonyl (C=O) groups is 1. The third-order valence-corrected chi connectivity index (χ3v) is 2.63. The van der Waals surface area contributed by atoms with Crippen LogP contribution in [0.3, 0.4) is 0 Å². The SMILES string of the molecule is C=CC[C@H](OC(=O)C=C)c1cccs1. The van der Waals surface area contributed by atoms with Crippen LogP contribution in [0.4, 0.5) is 0 Å². The van der Waals surface area contributed by atoms with Crippen LogP contribution in [-0.4, -0.2) is 5.97 Å². The zero-order chi connectivity index (χ0) is 10.4. The van der Waals surface area contributed by atoms with Gasteiger partial charge in [-0.2, -0.15) is 0 Å². The minimum absolute atomic E-state index is 0.224. The molecule has 0 spiro atoms. The van der Waals surface area contributed by atoms with E-state index in [0.29, 0.717) is 6.42 Å². The largest absolute Gasteiger partial charge is 0.453 e. The van der Waals surface area contributed by atoms with E-state index in [2.05, 4.69) is 13.2 Å². The van der Waals surface area contributed by atoms with Crippen LogP contribution in [0.2, 0.25) is 0 Å². The lowest BCUT2D eigenvalue weighted by Crippen LogP contribution is -2.07. The van der Waals surface area contributed by atoms with Crippen molar-refractivity contribution in [1.29, 1.82) is 0 Å². The molecular formula is C11H12O2S. The van der Waals surface area contributed by atoms with Gasteiger partial charge in [0, 0.05) is 17.4 Å². The highest BCUT2D eigenvalue weighted by atomic mass is 32.1. The second-order valence-electron chi connectivity index (χ2n) is 2.67. The van der Waals surface area contributed by atoms with Gasteiger partial charge >= 0.3 is 5.97 Å². The van der Waals surface area contributed by atoms with Gasteiger partial charge in [0.25, 0.3) is 0 Å². The normalized spacial score (nSPS) is 11.7. The summed E-state index contributed by atoms with van der Waals surface area (Å²) < 4.78 is 5.17. The molecule has 0 fully saturated rings. The third-order valence-electron chi connectivity index (χ3n) is 1.67. The van der Waals surface area contributed by atoms with E-state index in [0.717, 1.165) is 4.88 Å². The van der Waals surface area contributed by atoms with E-state index >= 15 is 0 Å². The van der Waals surface area contributed by atoms with E-state index in [1.165, 1.54) is 6.08 Å². The van der Waals surface area contributed by atoms with Crippen molar-refractivity contribution in [2.45, 2.75) is 12.5 Å². The second kappa shape index (κ2) is 5.40. The average molecular weight is 208 g/mol. The maximum absolute atomic E-state index is 11.0. The molecule has 1 aromatic rings. The summed E-state index contributed by atoms with van der Waals surface area (Å²) in [5.41, 5.74) is 0. The summed E-state index contributed by atoms with van der Waals surface area (Å²) in [6.07, 6.45) is 3.31. The van der Waals surface area contributed by atoms with Gasteiger partial charge in [-0.15, -0.1) is 17.9 Å². The molecule has 0 aliphatic rings. The van der Waals surface area contributed by atoms with Crippen LogP contribution in [0.25, 0.3) is 0 Å². The minimum atomic E-state index is -0.398. The van der Waals surface area contributed by atoms with Crippen LogP contribution in [-0.2, 0) is 9.53 Å². The first-order valence-corrected chi connectivity index (χ1v) is 5.13. The fraction of sp³-hybridized carbons (Fsp3) is 0.182. The number of ether oxygens (including phenoxy) is 1. The van der Waals surface area contributed by atoms with E-state index in [4.69, 9.17) is 4.74 Å². The van der Waals surface area contributed by atoms with Crippen molar-refractivity contribution in [3.8, 4) is 0 Å². The van der Waals surface area contributed by atoms with E-state index in [-0.39, 0.29) is 6.10 Å². The molecule has 0 amide bonds. The van der Waals surface area contributed by atoms with Crippen LogP contribution >= 0.6 is 11.3 Å². The smallest absolute Gasteiger partial charge is 0.330 e. The highest BCUT2D eigenvalue weighted by Crippen LogP contribution is 2.25. The Morgan fingerprint density at radius 2 is 2.43 bits per heavy atom. The Balaban J connectivity index is 2.69. The predicted molar refractivity (Wildman–Crippen MR) is 58.2 cm³/mol. The van der Waals surface area contributed by atoms with Crippen molar-refractivity contribution in [3.05, 3.63) is 47.7 Å². The molecule has 0 N–H and O–H groups in total. The van der Waals surface area contributed by atoms with Gasteiger partial charge in [-0.1, -0.05) is 18.7 Å². The van der Waals surface area contributed by atoms with Crippen molar-refractivity contribution >= 4 is 17.3 Å². The zero-order valence-corrected chi connectivity index (χ0v) is 8.63. The molecule has 2 nitrogen and oxygen atoms in total. The molecule has 0 bridgehead atoms. The molecule has 1 aromatic heterocycles. The van der Waals surface area contributed by atoms with E-state index in [1.807, 2.05) is 17.5 Å². The van der Waals surface area contributed by atoms with Crippen LogP contribution < -0.4 is 0 Å². The topological polar surface area (TPSA) is 26.3 Å². The Kier molecular flexibility index (Phi) is 4.13. The molecule has 14 heavy (non-hydrogen) atoms.